The van der Waals surface area contributed by atoms with Gasteiger partial charge in [0.05, 0.1) is 26.4 Å². The molecule has 2 fully saturated rings. The number of methoxy groups -OCH3 is 1. The summed E-state index contributed by atoms with van der Waals surface area (Å²) in [5.41, 5.74) is 1.44. The highest BCUT2D eigenvalue weighted by atomic mass is 16.5. The summed E-state index contributed by atoms with van der Waals surface area (Å²) in [4.78, 5) is 42.2. The molecule has 1 saturated carbocycles. The molecule has 4 rings (SSSR count). The fraction of sp³-hybridized carbons (Fsp3) is 0.483. The lowest BCUT2D eigenvalue weighted by Crippen LogP contribution is -2.58. The van der Waals surface area contributed by atoms with Gasteiger partial charge in [0.2, 0.25) is 11.8 Å². The second-order valence-electron chi connectivity index (χ2n) is 10.4. The summed E-state index contributed by atoms with van der Waals surface area (Å²) < 4.78 is 10.7. The normalized spacial score (nSPS) is 20.4. The van der Waals surface area contributed by atoms with E-state index in [9.17, 15) is 14.4 Å². The lowest BCUT2D eigenvalue weighted by Gasteiger charge is -2.32. The molecule has 0 radical (unpaired) electrons. The van der Waals surface area contributed by atoms with Gasteiger partial charge in [0.1, 0.15) is 17.8 Å². The Kier molecular flexibility index (Phi) is 8.61. The van der Waals surface area contributed by atoms with Gasteiger partial charge in [-0.15, -0.1) is 0 Å². The average molecular weight is 508 g/mol. The van der Waals surface area contributed by atoms with Crippen molar-refractivity contribution in [3.8, 4) is 5.75 Å². The molecule has 2 aromatic rings. The molecule has 1 heterocycles. The van der Waals surface area contributed by atoms with E-state index in [-0.39, 0.29) is 30.6 Å². The van der Waals surface area contributed by atoms with Gasteiger partial charge < -0.3 is 20.1 Å². The lowest BCUT2D eigenvalue weighted by atomic mass is 9.92. The summed E-state index contributed by atoms with van der Waals surface area (Å²) in [6.45, 7) is 3.43. The summed E-state index contributed by atoms with van der Waals surface area (Å²) >= 11 is 0. The third kappa shape index (κ3) is 6.96. The minimum absolute atomic E-state index is 0.0413. The highest BCUT2D eigenvalue weighted by Gasteiger charge is 2.48. The first-order valence-corrected chi connectivity index (χ1v) is 12.9. The Hall–Kier alpha value is -3.23. The molecule has 1 saturated heterocycles. The molecule has 0 spiro atoms. The molecule has 2 aliphatic rings. The van der Waals surface area contributed by atoms with Crippen molar-refractivity contribution in [2.24, 2.45) is 5.41 Å². The Balaban J connectivity index is 1.54. The van der Waals surface area contributed by atoms with Crippen LogP contribution in [0, 0.1) is 5.41 Å². The maximum absolute atomic E-state index is 13.7. The van der Waals surface area contributed by atoms with Crippen LogP contribution < -0.4 is 15.4 Å². The van der Waals surface area contributed by atoms with Crippen molar-refractivity contribution in [3.63, 3.8) is 0 Å². The van der Waals surface area contributed by atoms with Crippen LogP contribution in [0.1, 0.15) is 30.9 Å². The Morgan fingerprint density at radius 2 is 1.65 bits per heavy atom. The van der Waals surface area contributed by atoms with Gasteiger partial charge in [-0.3, -0.25) is 19.3 Å². The SMILES string of the molecule is COc1ccc(CC(NC(=O)C2COCCN2C)C(=O)N[C@@H](Cc2ccccc2)C(=O)C2(C)CC2)cc1. The van der Waals surface area contributed by atoms with Crippen LogP contribution in [0.3, 0.4) is 0 Å². The summed E-state index contributed by atoms with van der Waals surface area (Å²) in [5.74, 6) is 0.110. The first-order valence-electron chi connectivity index (χ1n) is 12.9. The Bertz CT molecular complexity index is 1080. The molecule has 2 amide bonds. The number of hydrogen-bond acceptors (Lipinski definition) is 6. The van der Waals surface area contributed by atoms with Crippen LogP contribution in [0.5, 0.6) is 5.75 Å². The van der Waals surface area contributed by atoms with Crippen molar-refractivity contribution >= 4 is 17.6 Å². The number of morpholine rings is 1. The molecule has 0 bridgehead atoms. The Labute approximate surface area is 218 Å². The number of benzene rings is 2. The van der Waals surface area contributed by atoms with Crippen molar-refractivity contribution < 1.29 is 23.9 Å². The second-order valence-corrected chi connectivity index (χ2v) is 10.4. The zero-order valence-corrected chi connectivity index (χ0v) is 21.9. The Morgan fingerprint density at radius 3 is 2.27 bits per heavy atom. The number of Topliss-reactive ketones (excluding diaryl/α,β-unsaturated/α-hetero) is 1. The number of ether oxygens (including phenoxy) is 2. The highest BCUT2D eigenvalue weighted by Crippen LogP contribution is 2.46. The summed E-state index contributed by atoms with van der Waals surface area (Å²) in [6.07, 6.45) is 2.34. The third-order valence-corrected chi connectivity index (χ3v) is 7.44. The number of nitrogens with one attached hydrogen (secondary N) is 2. The Morgan fingerprint density at radius 1 is 1.00 bits per heavy atom. The largest absolute Gasteiger partial charge is 0.497 e. The monoisotopic (exact) mass is 507 g/mol. The number of carbonyl (C=O) groups is 3. The van der Waals surface area contributed by atoms with E-state index in [1.54, 1.807) is 7.11 Å². The molecule has 37 heavy (non-hydrogen) atoms. The number of likely N-dealkylation sites (N-methyl/N-ethyl adjacent to an activating group) is 1. The zero-order valence-electron chi connectivity index (χ0n) is 21.9. The lowest BCUT2D eigenvalue weighted by molar-refractivity contribution is -0.136. The molecule has 1 aliphatic heterocycles. The topological polar surface area (TPSA) is 97.0 Å². The molecule has 2 unspecified atom stereocenters. The number of ketones is 1. The van der Waals surface area contributed by atoms with Gasteiger partial charge in [-0.1, -0.05) is 49.4 Å². The van der Waals surface area contributed by atoms with E-state index in [0.29, 0.717) is 25.3 Å². The van der Waals surface area contributed by atoms with Crippen molar-refractivity contribution in [1.82, 2.24) is 15.5 Å². The van der Waals surface area contributed by atoms with Crippen LogP contribution in [-0.2, 0) is 32.0 Å². The van der Waals surface area contributed by atoms with E-state index < -0.39 is 23.5 Å². The van der Waals surface area contributed by atoms with Crippen LogP contribution in [0.15, 0.2) is 54.6 Å². The van der Waals surface area contributed by atoms with Crippen molar-refractivity contribution in [2.75, 3.05) is 33.9 Å². The van der Waals surface area contributed by atoms with E-state index >= 15 is 0 Å². The quantitative estimate of drug-likeness (QED) is 0.484. The molecular formula is C29H37N3O5. The van der Waals surface area contributed by atoms with Gasteiger partial charge in [0.25, 0.3) is 0 Å². The maximum atomic E-state index is 13.7. The van der Waals surface area contributed by atoms with Crippen molar-refractivity contribution in [3.05, 3.63) is 65.7 Å². The van der Waals surface area contributed by atoms with E-state index in [1.807, 2.05) is 73.5 Å². The van der Waals surface area contributed by atoms with E-state index in [2.05, 4.69) is 10.6 Å². The zero-order chi connectivity index (χ0) is 26.4. The van der Waals surface area contributed by atoms with Gasteiger partial charge in [-0.05, 0) is 49.6 Å². The van der Waals surface area contributed by atoms with Crippen LogP contribution in [0.4, 0.5) is 0 Å². The minimum atomic E-state index is -0.852. The molecule has 2 aromatic carbocycles. The predicted octanol–water partition coefficient (Wildman–Crippen LogP) is 2.15. The standard InChI is InChI=1S/C29H37N3O5/c1-29(13-14-29)26(33)23(17-20-7-5-4-6-8-20)30-27(34)24(18-21-9-11-22(36-3)12-10-21)31-28(35)25-19-37-16-15-32(25)2/h4-12,23-25H,13-19H2,1-3H3,(H,30,34)(H,31,35)/t23-,24?,25?/m0/s1. The van der Waals surface area contributed by atoms with Crippen LogP contribution >= 0.6 is 0 Å². The number of hydrogen-bond donors (Lipinski definition) is 2. The minimum Gasteiger partial charge on any atom is -0.497 e. The molecule has 1 aliphatic carbocycles. The van der Waals surface area contributed by atoms with E-state index in [4.69, 9.17) is 9.47 Å². The number of amides is 2. The fourth-order valence-corrected chi connectivity index (χ4v) is 4.62. The van der Waals surface area contributed by atoms with Gasteiger partial charge in [-0.2, -0.15) is 0 Å². The van der Waals surface area contributed by atoms with Crippen LogP contribution in [0.25, 0.3) is 0 Å². The van der Waals surface area contributed by atoms with Gasteiger partial charge >= 0.3 is 0 Å². The highest BCUT2D eigenvalue weighted by molar-refractivity contribution is 5.97. The first-order chi connectivity index (χ1) is 17.8. The molecule has 3 atom stereocenters. The fourth-order valence-electron chi connectivity index (χ4n) is 4.62. The number of rotatable bonds is 11. The van der Waals surface area contributed by atoms with E-state index in [0.717, 1.165) is 24.0 Å². The number of nitrogens with zero attached hydrogens (tertiary/aromatic N) is 1. The van der Waals surface area contributed by atoms with Gasteiger partial charge in [0, 0.05) is 18.4 Å². The smallest absolute Gasteiger partial charge is 0.243 e. The average Bonchev–Trinajstić information content (AvgIpc) is 3.67. The second kappa shape index (κ2) is 11.9. The van der Waals surface area contributed by atoms with Gasteiger partial charge in [-0.25, -0.2) is 0 Å². The molecule has 198 valence electrons. The number of carbonyl (C=O) groups excluding carboxylic acids is 3. The summed E-state index contributed by atoms with van der Waals surface area (Å²) in [6, 6.07) is 15.1. The molecular weight excluding hydrogens is 470 g/mol. The van der Waals surface area contributed by atoms with Crippen molar-refractivity contribution in [1.29, 1.82) is 0 Å². The maximum Gasteiger partial charge on any atom is 0.243 e. The summed E-state index contributed by atoms with van der Waals surface area (Å²) in [5, 5.41) is 5.94. The summed E-state index contributed by atoms with van der Waals surface area (Å²) in [7, 11) is 3.47. The third-order valence-electron chi connectivity index (χ3n) is 7.44. The van der Waals surface area contributed by atoms with E-state index in [1.165, 1.54) is 0 Å². The predicted molar refractivity (Wildman–Crippen MR) is 140 cm³/mol. The van der Waals surface area contributed by atoms with Gasteiger partial charge in [0.15, 0.2) is 5.78 Å². The molecule has 8 heteroatoms. The molecule has 2 N–H and O–H groups in total. The van der Waals surface area contributed by atoms with Crippen LogP contribution in [-0.4, -0.2) is 74.5 Å². The van der Waals surface area contributed by atoms with Crippen molar-refractivity contribution in [2.45, 2.75) is 50.7 Å². The van der Waals surface area contributed by atoms with Crippen LogP contribution in [0.2, 0.25) is 0 Å². The molecule has 8 nitrogen and oxygen atoms in total. The molecule has 0 aromatic heterocycles. The first kappa shape index (κ1) is 26.8.